The number of nitrogens with zero attached hydrogens (tertiary/aromatic N) is 2. The maximum Gasteiger partial charge on any atom is 0.337 e. The summed E-state index contributed by atoms with van der Waals surface area (Å²) in [6, 6.07) is 12.3. The molecule has 2 aromatic heterocycles. The molecule has 0 aliphatic carbocycles. The van der Waals surface area contributed by atoms with E-state index in [4.69, 9.17) is 0 Å². The summed E-state index contributed by atoms with van der Waals surface area (Å²) in [5.41, 5.74) is 0.644. The minimum absolute atomic E-state index is 0.0492. The van der Waals surface area contributed by atoms with E-state index >= 15 is 0 Å². The molecule has 2 aromatic carbocycles. The molecule has 0 atom stereocenters. The number of carbonyl (C=O) groups is 3. The number of benzene rings is 2. The zero-order valence-corrected chi connectivity index (χ0v) is 18.7. The largest absolute Gasteiger partial charge is 0.465 e. The van der Waals surface area contributed by atoms with E-state index in [1.54, 1.807) is 6.92 Å². The van der Waals surface area contributed by atoms with Crippen LogP contribution in [0.25, 0.3) is 4.96 Å². The second-order valence-electron chi connectivity index (χ2n) is 7.12. The van der Waals surface area contributed by atoms with Gasteiger partial charge in [0.05, 0.1) is 12.7 Å². The second-order valence-corrected chi connectivity index (χ2v) is 8.10. The Morgan fingerprint density at radius 2 is 1.56 bits per heavy atom. The topological polar surface area (TPSA) is 119 Å². The van der Waals surface area contributed by atoms with Crippen LogP contribution in [0.4, 0.5) is 15.8 Å². The van der Waals surface area contributed by atoms with E-state index in [9.17, 15) is 23.6 Å². The highest BCUT2D eigenvalue weighted by Crippen LogP contribution is 2.24. The van der Waals surface area contributed by atoms with Gasteiger partial charge in [0.2, 0.25) is 0 Å². The molecule has 2 heterocycles. The molecule has 0 aliphatic heterocycles. The van der Waals surface area contributed by atoms with E-state index < -0.39 is 29.2 Å². The lowest BCUT2D eigenvalue weighted by Gasteiger charge is -2.08. The normalized spacial score (nSPS) is 10.7. The number of hydrogen-bond donors (Lipinski definition) is 2. The lowest BCUT2D eigenvalue weighted by Crippen LogP contribution is -2.25. The van der Waals surface area contributed by atoms with E-state index in [1.807, 2.05) is 0 Å². The number of halogens is 1. The van der Waals surface area contributed by atoms with Crippen LogP contribution < -0.4 is 16.2 Å². The number of carbonyl (C=O) groups excluding carboxylic acids is 3. The van der Waals surface area contributed by atoms with Crippen molar-refractivity contribution in [3.8, 4) is 0 Å². The number of esters is 1. The molecule has 9 nitrogen and oxygen atoms in total. The summed E-state index contributed by atoms with van der Waals surface area (Å²) in [7, 11) is 1.26. The first-order chi connectivity index (χ1) is 16.3. The number of anilines is 2. The second kappa shape index (κ2) is 9.24. The van der Waals surface area contributed by atoms with Crippen LogP contribution in [0.2, 0.25) is 0 Å². The number of aromatic nitrogens is 2. The highest BCUT2D eigenvalue weighted by atomic mass is 32.1. The van der Waals surface area contributed by atoms with Gasteiger partial charge < -0.3 is 15.4 Å². The molecule has 0 saturated carbocycles. The third-order valence-electron chi connectivity index (χ3n) is 4.74. The first-order valence-corrected chi connectivity index (χ1v) is 10.7. The first-order valence-electron chi connectivity index (χ1n) is 9.86. The fourth-order valence-electron chi connectivity index (χ4n) is 3.16. The number of nitrogens with one attached hydrogen (secondary N) is 2. The molecule has 34 heavy (non-hydrogen) atoms. The molecule has 0 bridgehead atoms. The molecular weight excluding hydrogens is 463 g/mol. The highest BCUT2D eigenvalue weighted by molar-refractivity contribution is 7.19. The summed E-state index contributed by atoms with van der Waals surface area (Å²) >= 11 is 0.877. The number of amides is 2. The number of fused-ring (bicyclic) bond motifs is 1. The van der Waals surface area contributed by atoms with Gasteiger partial charge in [-0.1, -0.05) is 11.3 Å². The van der Waals surface area contributed by atoms with Crippen molar-refractivity contribution in [3.05, 3.63) is 92.6 Å². The lowest BCUT2D eigenvalue weighted by atomic mass is 10.2. The maximum absolute atomic E-state index is 13.2. The Kier molecular flexibility index (Phi) is 6.19. The van der Waals surface area contributed by atoms with Crippen molar-refractivity contribution in [2.24, 2.45) is 0 Å². The van der Waals surface area contributed by atoms with Crippen molar-refractivity contribution in [3.63, 3.8) is 0 Å². The molecule has 0 aliphatic rings. The molecule has 2 N–H and O–H groups in total. The summed E-state index contributed by atoms with van der Waals surface area (Å²) in [6.45, 7) is 1.63. The van der Waals surface area contributed by atoms with E-state index in [1.165, 1.54) is 61.7 Å². The number of hydrogen-bond acceptors (Lipinski definition) is 7. The summed E-state index contributed by atoms with van der Waals surface area (Å²) < 4.78 is 18.9. The summed E-state index contributed by atoms with van der Waals surface area (Å²) in [5, 5.41) is 5.22. The van der Waals surface area contributed by atoms with E-state index in [-0.39, 0.29) is 21.2 Å². The lowest BCUT2D eigenvalue weighted by molar-refractivity contribution is 0.0600. The van der Waals surface area contributed by atoms with Gasteiger partial charge in [0.1, 0.15) is 16.4 Å². The average molecular weight is 480 g/mol. The number of ether oxygens (including phenoxy) is 1. The van der Waals surface area contributed by atoms with Crippen LogP contribution in [0.5, 0.6) is 0 Å². The van der Waals surface area contributed by atoms with Gasteiger partial charge in [0.15, 0.2) is 4.96 Å². The number of aryl methyl sites for hydroxylation is 1. The monoisotopic (exact) mass is 480 g/mol. The molecule has 0 saturated heterocycles. The van der Waals surface area contributed by atoms with Crippen LogP contribution in [0.15, 0.2) is 59.4 Å². The smallest absolute Gasteiger partial charge is 0.337 e. The Morgan fingerprint density at radius 3 is 2.18 bits per heavy atom. The van der Waals surface area contributed by atoms with Crippen molar-refractivity contribution in [1.82, 2.24) is 9.38 Å². The number of thiazole rings is 1. The Morgan fingerprint density at radius 1 is 0.971 bits per heavy atom. The first kappa shape index (κ1) is 22.8. The summed E-state index contributed by atoms with van der Waals surface area (Å²) in [4.78, 5) is 54.9. The Balaban J connectivity index is 1.72. The van der Waals surface area contributed by atoms with Gasteiger partial charge in [-0.3, -0.25) is 14.4 Å². The molecule has 11 heteroatoms. The fourth-order valence-corrected chi connectivity index (χ4v) is 4.23. The van der Waals surface area contributed by atoms with Gasteiger partial charge >= 0.3 is 5.97 Å². The van der Waals surface area contributed by atoms with Crippen LogP contribution in [0.1, 0.15) is 36.2 Å². The van der Waals surface area contributed by atoms with Crippen LogP contribution in [0.3, 0.4) is 0 Å². The number of methoxy groups -OCH3 is 1. The van der Waals surface area contributed by atoms with Crippen molar-refractivity contribution < 1.29 is 23.5 Å². The van der Waals surface area contributed by atoms with Gasteiger partial charge in [-0.05, 0) is 55.5 Å². The molecule has 4 rings (SSSR count). The van der Waals surface area contributed by atoms with Gasteiger partial charge in [-0.15, -0.1) is 0 Å². The third-order valence-corrected chi connectivity index (χ3v) is 5.77. The quantitative estimate of drug-likeness (QED) is 0.422. The zero-order valence-electron chi connectivity index (χ0n) is 17.9. The zero-order chi connectivity index (χ0) is 24.4. The van der Waals surface area contributed by atoms with Crippen LogP contribution in [-0.4, -0.2) is 34.3 Å². The molecule has 2 amide bonds. The predicted octanol–water partition coefficient (Wildman–Crippen LogP) is 3.49. The van der Waals surface area contributed by atoms with Gasteiger partial charge in [0.25, 0.3) is 17.4 Å². The van der Waals surface area contributed by atoms with E-state index in [0.717, 1.165) is 15.7 Å². The summed E-state index contributed by atoms with van der Waals surface area (Å²) in [6.07, 6.45) is 0. The van der Waals surface area contributed by atoms with Crippen LogP contribution >= 0.6 is 11.3 Å². The minimum Gasteiger partial charge on any atom is -0.465 e. The molecule has 0 unspecified atom stereocenters. The molecule has 0 fully saturated rings. The average Bonchev–Trinajstić information content (AvgIpc) is 3.20. The van der Waals surface area contributed by atoms with Crippen LogP contribution in [0, 0.1) is 12.7 Å². The SMILES string of the molecule is COC(=O)c1ccc(NC(=O)c2sc3nc(C)cc(=O)n3c2C(=O)Nc2ccc(F)cc2)cc1. The van der Waals surface area contributed by atoms with Crippen molar-refractivity contribution in [2.45, 2.75) is 6.92 Å². The van der Waals surface area contributed by atoms with Gasteiger partial charge in [0, 0.05) is 23.1 Å². The molecule has 0 spiro atoms. The van der Waals surface area contributed by atoms with Crippen molar-refractivity contribution in [2.75, 3.05) is 17.7 Å². The maximum atomic E-state index is 13.2. The molecular formula is C23H17FN4O5S. The van der Waals surface area contributed by atoms with E-state index in [0.29, 0.717) is 16.9 Å². The summed E-state index contributed by atoms with van der Waals surface area (Å²) in [5.74, 6) is -2.39. The Bertz CT molecular complexity index is 1480. The fraction of sp³-hybridized carbons (Fsp3) is 0.0870. The molecule has 4 aromatic rings. The van der Waals surface area contributed by atoms with E-state index in [2.05, 4.69) is 20.4 Å². The molecule has 0 radical (unpaired) electrons. The van der Waals surface area contributed by atoms with Gasteiger partial charge in [-0.25, -0.2) is 18.6 Å². The van der Waals surface area contributed by atoms with Crippen molar-refractivity contribution >= 4 is 45.5 Å². The van der Waals surface area contributed by atoms with Crippen LogP contribution in [-0.2, 0) is 4.74 Å². The minimum atomic E-state index is -0.739. The Labute approximate surface area is 195 Å². The molecule has 172 valence electrons. The standard InChI is InChI=1S/C23H17FN4O5S/c1-12-11-17(29)28-18(20(30)26-16-9-5-14(24)6-10-16)19(34-23(28)25-12)21(31)27-15-7-3-13(4-8-15)22(32)33-2/h3-11H,1-2H3,(H,26,30)(H,27,31). The Hall–Kier alpha value is -4.38. The van der Waals surface area contributed by atoms with Crippen molar-refractivity contribution in [1.29, 1.82) is 0 Å². The highest BCUT2D eigenvalue weighted by Gasteiger charge is 2.26. The van der Waals surface area contributed by atoms with Gasteiger partial charge in [-0.2, -0.15) is 0 Å². The third kappa shape index (κ3) is 4.55. The predicted molar refractivity (Wildman–Crippen MR) is 124 cm³/mol. The number of rotatable bonds is 5.